The number of phosphoric acid groups is 2. The van der Waals surface area contributed by atoms with Gasteiger partial charge in [-0.2, -0.15) is 0 Å². The fourth-order valence-corrected chi connectivity index (χ4v) is 13.2. The molecule has 0 radical (unpaired) electrons. The number of hydrogen-bond acceptors (Lipinski definition) is 12. The summed E-state index contributed by atoms with van der Waals surface area (Å²) in [4.78, 5) is 0. The van der Waals surface area contributed by atoms with Crippen LogP contribution in [0.25, 0.3) is 0 Å². The topological polar surface area (TPSA) is 137 Å². The minimum absolute atomic E-state index is 0.0179. The van der Waals surface area contributed by atoms with Crippen molar-refractivity contribution in [2.45, 2.75) is 140 Å². The molecule has 3 aliphatic heterocycles. The smallest absolute Gasteiger partial charge is 0.408 e. The summed E-state index contributed by atoms with van der Waals surface area (Å²) in [5.74, 6) is -0.947. The molecule has 7 rings (SSSR count). The molecule has 270 valence electrons. The van der Waals surface area contributed by atoms with Crippen molar-refractivity contribution in [2.24, 2.45) is 0 Å². The monoisotopic (exact) mass is 738 g/mol. The first-order valence-corrected chi connectivity index (χ1v) is 23.1. The van der Waals surface area contributed by atoms with Crippen LogP contribution in [-0.2, 0) is 76.6 Å². The summed E-state index contributed by atoms with van der Waals surface area (Å²) >= 11 is 0. The van der Waals surface area contributed by atoms with Crippen molar-refractivity contribution in [3.63, 3.8) is 0 Å². The highest BCUT2D eigenvalue weighted by Gasteiger charge is 2.65. The Morgan fingerprint density at radius 1 is 0.673 bits per heavy atom. The fraction of sp³-hybridized carbons (Fsp3) is 0.647. The van der Waals surface area contributed by atoms with Crippen LogP contribution in [-0.4, -0.2) is 55.8 Å². The second-order valence-corrected chi connectivity index (χ2v) is 21.6. The minimum atomic E-state index is -4.34. The summed E-state index contributed by atoms with van der Waals surface area (Å²) < 4.78 is 85.2. The van der Waals surface area contributed by atoms with E-state index in [1.54, 1.807) is 0 Å². The van der Waals surface area contributed by atoms with Crippen molar-refractivity contribution in [1.29, 1.82) is 0 Å². The van der Waals surface area contributed by atoms with Gasteiger partial charge in [-0.05, 0) is 53.2 Å². The first-order chi connectivity index (χ1) is 23.6. The van der Waals surface area contributed by atoms with E-state index in [-0.39, 0.29) is 26.4 Å². The largest absolute Gasteiger partial charge is 0.475 e. The first kappa shape index (κ1) is 36.1. The summed E-state index contributed by atoms with van der Waals surface area (Å²) in [7, 11) is -11.0. The van der Waals surface area contributed by atoms with Crippen LogP contribution < -0.4 is 0 Å². The number of aliphatic hydroxyl groups is 1. The van der Waals surface area contributed by atoms with Crippen LogP contribution in [0, 0.1) is 0 Å². The molecule has 0 amide bonds. The molecule has 49 heavy (non-hydrogen) atoms. The van der Waals surface area contributed by atoms with E-state index in [4.69, 9.17) is 41.0 Å². The van der Waals surface area contributed by atoms with Gasteiger partial charge in [0, 0.05) is 12.8 Å². The molecule has 15 heteroatoms. The van der Waals surface area contributed by atoms with E-state index in [0.717, 1.165) is 59.6 Å². The van der Waals surface area contributed by atoms with Gasteiger partial charge < -0.3 is 19.0 Å². The Kier molecular flexibility index (Phi) is 10.8. The fourth-order valence-electron chi connectivity index (χ4n) is 7.69. The molecule has 0 unspecified atom stereocenters. The predicted octanol–water partition coefficient (Wildman–Crippen LogP) is 7.68. The molecule has 6 atom stereocenters. The zero-order chi connectivity index (χ0) is 34.3. The molecule has 1 saturated heterocycles. The second kappa shape index (κ2) is 14.6. The van der Waals surface area contributed by atoms with Gasteiger partial charge in [0.05, 0.1) is 26.4 Å². The van der Waals surface area contributed by atoms with Gasteiger partial charge in [-0.15, -0.1) is 0 Å². The number of ether oxygens (including phenoxy) is 2. The van der Waals surface area contributed by atoms with Gasteiger partial charge in [-0.3, -0.25) is 27.1 Å². The number of fused-ring (bicyclic) bond motifs is 3. The summed E-state index contributed by atoms with van der Waals surface area (Å²) in [5, 5.41) is 12.3. The normalized spacial score (nSPS) is 32.0. The van der Waals surface area contributed by atoms with E-state index in [9.17, 15) is 14.2 Å². The Labute approximate surface area is 289 Å². The second-order valence-electron chi connectivity index (χ2n) is 13.6. The van der Waals surface area contributed by atoms with Crippen molar-refractivity contribution in [3.8, 4) is 0 Å². The first-order valence-electron chi connectivity index (χ1n) is 17.6. The minimum Gasteiger partial charge on any atom is -0.408 e. The molecular formula is C34H48O12P2Si. The Morgan fingerprint density at radius 3 is 1.51 bits per heavy atom. The Bertz CT molecular complexity index is 1490. The quantitative estimate of drug-likeness (QED) is 0.200. The lowest BCUT2D eigenvalue weighted by molar-refractivity contribution is -0.202. The highest BCUT2D eigenvalue weighted by atomic mass is 31.2. The van der Waals surface area contributed by atoms with Gasteiger partial charge in [0.2, 0.25) is 0 Å². The maximum atomic E-state index is 14.4. The molecule has 5 aliphatic rings. The maximum Gasteiger partial charge on any atom is 0.475 e. The molecule has 2 aromatic carbocycles. The van der Waals surface area contributed by atoms with Crippen molar-refractivity contribution in [1.82, 2.24) is 0 Å². The van der Waals surface area contributed by atoms with Crippen LogP contribution in [0.3, 0.4) is 0 Å². The molecule has 12 nitrogen and oxygen atoms in total. The van der Waals surface area contributed by atoms with Crippen molar-refractivity contribution >= 4 is 24.0 Å². The number of hydrogen-bond donors (Lipinski definition) is 1. The van der Waals surface area contributed by atoms with E-state index < -0.39 is 66.4 Å². The number of benzene rings is 2. The third-order valence-corrected chi connectivity index (χ3v) is 18.3. The van der Waals surface area contributed by atoms with E-state index in [0.29, 0.717) is 12.8 Å². The summed E-state index contributed by atoms with van der Waals surface area (Å²) in [5.41, 5.74) is 3.25. The van der Waals surface area contributed by atoms with E-state index in [1.807, 2.05) is 48.5 Å². The average molecular weight is 739 g/mol. The van der Waals surface area contributed by atoms with Gasteiger partial charge in [-0.25, -0.2) is 9.13 Å². The van der Waals surface area contributed by atoms with E-state index >= 15 is 0 Å². The van der Waals surface area contributed by atoms with Gasteiger partial charge in [0.1, 0.15) is 36.6 Å². The molecular weight excluding hydrogens is 690 g/mol. The predicted molar refractivity (Wildman–Crippen MR) is 181 cm³/mol. The number of rotatable bonds is 9. The highest BCUT2D eigenvalue weighted by molar-refractivity contribution is 7.48. The van der Waals surface area contributed by atoms with E-state index in [1.165, 1.54) is 0 Å². The molecule has 2 saturated carbocycles. The Morgan fingerprint density at radius 2 is 1.08 bits per heavy atom. The lowest BCUT2D eigenvalue weighted by Gasteiger charge is -2.47. The third-order valence-electron chi connectivity index (χ3n) is 10.9. The summed E-state index contributed by atoms with van der Waals surface area (Å²) in [6.07, 6.45) is -2.74. The third kappa shape index (κ3) is 7.35. The Hall–Kier alpha value is -1.28. The standard InChI is InChI=1S/C34H48O12P2Si/c1-4-49(5-2,6-3)46-30-28(35)29(44-47(36)38-20-24-14-8-9-15-25(24)21-39-47)33(32-31(30)42-34(43-32)18-12-7-13-19-34)45-48(37)40-22-26-16-10-11-17-27(26)23-41-48/h8-11,14-17,28-33,35H,4-7,12-13,18-23H2,1-3H3/t28-,29-,30+,31+,32+,33+/m1/s1. The van der Waals surface area contributed by atoms with Gasteiger partial charge in [-0.1, -0.05) is 75.7 Å². The zero-order valence-corrected chi connectivity index (χ0v) is 31.2. The lowest BCUT2D eigenvalue weighted by Crippen LogP contribution is -2.66. The van der Waals surface area contributed by atoms with Gasteiger partial charge in [0.15, 0.2) is 14.1 Å². The van der Waals surface area contributed by atoms with Crippen LogP contribution in [0.4, 0.5) is 0 Å². The Balaban J connectivity index is 1.25. The molecule has 3 heterocycles. The zero-order valence-electron chi connectivity index (χ0n) is 28.4. The molecule has 2 aliphatic carbocycles. The molecule has 3 fully saturated rings. The highest BCUT2D eigenvalue weighted by Crippen LogP contribution is 2.60. The molecule has 2 aromatic rings. The average Bonchev–Trinajstić information content (AvgIpc) is 3.27. The SMILES string of the molecule is CC[Si](CC)(CC)O[C@H]1[C@H](O)[C@@H](OP2(=O)OCc3ccccc3CO2)[C@H](OP2(=O)OCc3ccccc3CO2)[C@H]2OC3(CCCCC3)O[C@H]21. The number of aliphatic hydroxyl groups excluding tert-OH is 1. The van der Waals surface area contributed by atoms with Crippen LogP contribution in [0.2, 0.25) is 18.1 Å². The molecule has 0 bridgehead atoms. The molecule has 0 aromatic heterocycles. The van der Waals surface area contributed by atoms with Crippen molar-refractivity contribution in [3.05, 3.63) is 70.8 Å². The van der Waals surface area contributed by atoms with Crippen LogP contribution in [0.5, 0.6) is 0 Å². The molecule has 1 spiro atoms. The van der Waals surface area contributed by atoms with Crippen molar-refractivity contribution in [2.75, 3.05) is 0 Å². The molecule has 1 N–H and O–H groups in total. The summed E-state index contributed by atoms with van der Waals surface area (Å²) in [6.45, 7) is 6.22. The van der Waals surface area contributed by atoms with Crippen LogP contribution in [0.1, 0.15) is 75.1 Å². The number of phosphoric ester groups is 2. The van der Waals surface area contributed by atoms with Gasteiger partial charge in [0.25, 0.3) is 0 Å². The summed E-state index contributed by atoms with van der Waals surface area (Å²) in [6, 6.07) is 17.4. The van der Waals surface area contributed by atoms with Gasteiger partial charge >= 0.3 is 15.6 Å². The maximum absolute atomic E-state index is 14.4. The van der Waals surface area contributed by atoms with Crippen LogP contribution >= 0.6 is 15.6 Å². The van der Waals surface area contributed by atoms with Crippen molar-refractivity contribution < 1.29 is 55.3 Å². The lowest BCUT2D eigenvalue weighted by atomic mass is 9.85. The van der Waals surface area contributed by atoms with Crippen LogP contribution in [0.15, 0.2) is 48.5 Å². The van der Waals surface area contributed by atoms with E-state index in [2.05, 4.69) is 20.8 Å².